The molecule has 2 unspecified atom stereocenters. The van der Waals surface area contributed by atoms with Gasteiger partial charge in [-0.2, -0.15) is 0 Å². The van der Waals surface area contributed by atoms with Gasteiger partial charge in [0.1, 0.15) is 5.82 Å². The zero-order valence-corrected chi connectivity index (χ0v) is 16.6. The molecule has 2 bridgehead atoms. The molecule has 4 N–H and O–H groups in total. The van der Waals surface area contributed by atoms with Crippen molar-refractivity contribution in [2.75, 3.05) is 5.32 Å². The average molecular weight is 392 g/mol. The van der Waals surface area contributed by atoms with Crippen molar-refractivity contribution in [3.8, 4) is 10.4 Å². The summed E-state index contributed by atoms with van der Waals surface area (Å²) in [5.74, 6) is 0.826. The van der Waals surface area contributed by atoms with Crippen LogP contribution in [0.15, 0.2) is 54.7 Å². The lowest BCUT2D eigenvalue weighted by Gasteiger charge is -2.38. The Kier molecular flexibility index (Phi) is 4.62. The highest BCUT2D eigenvalue weighted by Crippen LogP contribution is 2.35. The number of nitrogens with two attached hydrogens (primary N) is 1. The second-order valence-electron chi connectivity index (χ2n) is 8.12. The van der Waals surface area contributed by atoms with Gasteiger partial charge in [0, 0.05) is 35.9 Å². The van der Waals surface area contributed by atoms with Crippen LogP contribution >= 0.6 is 11.3 Å². The average Bonchev–Trinajstić information content (AvgIpc) is 3.29. The smallest absolute Gasteiger partial charge is 0.188 e. The van der Waals surface area contributed by atoms with E-state index in [-0.39, 0.29) is 5.54 Å². The molecule has 2 fully saturated rings. The molecule has 2 atom stereocenters. The number of nitrogens with one attached hydrogen (secondary N) is 2. The summed E-state index contributed by atoms with van der Waals surface area (Å²) in [6.45, 7) is 0. The zero-order chi connectivity index (χ0) is 19.0. The van der Waals surface area contributed by atoms with Gasteiger partial charge in [-0.25, -0.2) is 9.97 Å². The Morgan fingerprint density at radius 3 is 2.64 bits per heavy atom. The molecule has 6 heteroatoms. The van der Waals surface area contributed by atoms with E-state index >= 15 is 0 Å². The predicted octanol–water partition coefficient (Wildman–Crippen LogP) is 4.10. The molecule has 2 aliphatic rings. The van der Waals surface area contributed by atoms with Crippen LogP contribution in [0.5, 0.6) is 0 Å². The van der Waals surface area contributed by atoms with Crippen LogP contribution in [0.2, 0.25) is 0 Å². The summed E-state index contributed by atoms with van der Waals surface area (Å²) in [5.41, 5.74) is 8.85. The number of thiazole rings is 1. The van der Waals surface area contributed by atoms with Crippen LogP contribution in [0.1, 0.15) is 31.4 Å². The van der Waals surface area contributed by atoms with E-state index in [0.717, 1.165) is 40.8 Å². The Morgan fingerprint density at radius 1 is 1.07 bits per heavy atom. The highest BCUT2D eigenvalue weighted by atomic mass is 32.1. The predicted molar refractivity (Wildman–Crippen MR) is 115 cm³/mol. The molecule has 2 aromatic heterocycles. The summed E-state index contributed by atoms with van der Waals surface area (Å²) in [6, 6.07) is 17.6. The number of aromatic nitrogens is 2. The minimum absolute atomic E-state index is 0.148. The van der Waals surface area contributed by atoms with E-state index in [1.807, 2.05) is 30.5 Å². The van der Waals surface area contributed by atoms with Crippen molar-refractivity contribution in [3.05, 3.63) is 60.4 Å². The van der Waals surface area contributed by atoms with Crippen molar-refractivity contribution in [3.63, 3.8) is 0 Å². The molecule has 5 rings (SSSR count). The summed E-state index contributed by atoms with van der Waals surface area (Å²) >= 11 is 1.64. The van der Waals surface area contributed by atoms with Crippen LogP contribution in [0.25, 0.3) is 10.4 Å². The molecule has 5 nitrogen and oxygen atoms in total. The molecule has 2 aliphatic heterocycles. The number of pyridine rings is 1. The second kappa shape index (κ2) is 7.28. The van der Waals surface area contributed by atoms with E-state index in [1.54, 1.807) is 11.3 Å². The van der Waals surface area contributed by atoms with Crippen molar-refractivity contribution < 1.29 is 0 Å². The number of hydrogen-bond donors (Lipinski definition) is 3. The quantitative estimate of drug-likeness (QED) is 0.610. The normalized spacial score (nSPS) is 26.3. The SMILES string of the molecule is NC1(Cc2cccc(Nc3ncc(-c4ccccc4)s3)n2)CC2CCC(C1)N2. The van der Waals surface area contributed by atoms with Crippen molar-refractivity contribution in [2.24, 2.45) is 5.73 Å². The molecule has 0 saturated carbocycles. The van der Waals surface area contributed by atoms with Gasteiger partial charge in [-0.05, 0) is 43.4 Å². The van der Waals surface area contributed by atoms with Gasteiger partial charge in [0.05, 0.1) is 4.88 Å². The minimum atomic E-state index is -0.148. The topological polar surface area (TPSA) is 75.9 Å². The standard InChI is InChI=1S/C22H25N5S/c23-22(12-17-9-10-18(13-22)25-17)11-16-7-4-8-20(26-16)27-21-24-14-19(28-21)15-5-2-1-3-6-15/h1-8,14,17-18,25H,9-13,23H2,(H,24,26,27). The number of piperidine rings is 1. The van der Waals surface area contributed by atoms with Crippen molar-refractivity contribution in [1.29, 1.82) is 0 Å². The maximum atomic E-state index is 6.77. The minimum Gasteiger partial charge on any atom is -0.325 e. The largest absolute Gasteiger partial charge is 0.325 e. The van der Waals surface area contributed by atoms with E-state index in [9.17, 15) is 0 Å². The molecule has 0 amide bonds. The fourth-order valence-electron chi connectivity index (χ4n) is 4.62. The van der Waals surface area contributed by atoms with E-state index < -0.39 is 0 Å². The maximum absolute atomic E-state index is 6.77. The molecule has 144 valence electrons. The lowest BCUT2D eigenvalue weighted by Crippen LogP contribution is -2.55. The molecule has 4 heterocycles. The maximum Gasteiger partial charge on any atom is 0.188 e. The van der Waals surface area contributed by atoms with Crippen molar-refractivity contribution >= 4 is 22.3 Å². The Labute approximate surface area is 169 Å². The highest BCUT2D eigenvalue weighted by Gasteiger charge is 2.41. The van der Waals surface area contributed by atoms with Gasteiger partial charge in [-0.15, -0.1) is 0 Å². The van der Waals surface area contributed by atoms with E-state index in [2.05, 4.69) is 39.9 Å². The van der Waals surface area contributed by atoms with Crippen LogP contribution in [-0.4, -0.2) is 27.6 Å². The van der Waals surface area contributed by atoms with Gasteiger partial charge in [0.2, 0.25) is 0 Å². The van der Waals surface area contributed by atoms with Crippen LogP contribution < -0.4 is 16.4 Å². The first-order valence-electron chi connectivity index (χ1n) is 9.94. The van der Waals surface area contributed by atoms with Crippen LogP contribution in [0.4, 0.5) is 10.9 Å². The first-order valence-corrected chi connectivity index (χ1v) is 10.8. The first-order chi connectivity index (χ1) is 13.7. The molecular formula is C22H25N5S. The summed E-state index contributed by atoms with van der Waals surface area (Å²) in [5, 5.41) is 7.88. The number of nitrogens with zero attached hydrogens (tertiary/aromatic N) is 2. The third-order valence-electron chi connectivity index (χ3n) is 5.78. The van der Waals surface area contributed by atoms with Gasteiger partial charge in [-0.3, -0.25) is 0 Å². The van der Waals surface area contributed by atoms with Crippen LogP contribution in [-0.2, 0) is 6.42 Å². The number of benzene rings is 1. The van der Waals surface area contributed by atoms with Crippen molar-refractivity contribution in [2.45, 2.75) is 49.7 Å². The number of rotatable bonds is 5. The first kappa shape index (κ1) is 17.8. The van der Waals surface area contributed by atoms with Crippen LogP contribution in [0, 0.1) is 0 Å². The van der Waals surface area contributed by atoms with Gasteiger partial charge >= 0.3 is 0 Å². The lowest BCUT2D eigenvalue weighted by molar-refractivity contribution is 0.248. The van der Waals surface area contributed by atoms with Gasteiger partial charge in [0.15, 0.2) is 5.13 Å². The molecule has 0 radical (unpaired) electrons. The number of hydrogen-bond acceptors (Lipinski definition) is 6. The third-order valence-corrected chi connectivity index (χ3v) is 6.74. The van der Waals surface area contributed by atoms with Crippen molar-refractivity contribution in [1.82, 2.24) is 15.3 Å². The number of anilines is 2. The van der Waals surface area contributed by atoms with E-state index in [4.69, 9.17) is 10.7 Å². The Morgan fingerprint density at radius 2 is 1.86 bits per heavy atom. The lowest BCUT2D eigenvalue weighted by atomic mass is 9.81. The van der Waals surface area contributed by atoms with Gasteiger partial charge < -0.3 is 16.4 Å². The third kappa shape index (κ3) is 3.81. The molecule has 1 aromatic carbocycles. The monoisotopic (exact) mass is 391 g/mol. The number of fused-ring (bicyclic) bond motifs is 2. The molecule has 3 aromatic rings. The summed E-state index contributed by atoms with van der Waals surface area (Å²) in [7, 11) is 0. The van der Waals surface area contributed by atoms with E-state index in [1.165, 1.54) is 18.4 Å². The van der Waals surface area contributed by atoms with E-state index in [0.29, 0.717) is 12.1 Å². The Balaban J connectivity index is 1.29. The molecule has 0 aliphatic carbocycles. The molecule has 28 heavy (non-hydrogen) atoms. The summed E-state index contributed by atoms with van der Waals surface area (Å²) in [4.78, 5) is 10.5. The summed E-state index contributed by atoms with van der Waals surface area (Å²) in [6.07, 6.45) is 7.32. The zero-order valence-electron chi connectivity index (χ0n) is 15.8. The fourth-order valence-corrected chi connectivity index (χ4v) is 5.45. The molecular weight excluding hydrogens is 366 g/mol. The fraction of sp³-hybridized carbons (Fsp3) is 0.364. The van der Waals surface area contributed by atoms with Gasteiger partial charge in [-0.1, -0.05) is 47.7 Å². The summed E-state index contributed by atoms with van der Waals surface area (Å²) < 4.78 is 0. The highest BCUT2D eigenvalue weighted by molar-refractivity contribution is 7.18. The molecule has 0 spiro atoms. The molecule has 2 saturated heterocycles. The Bertz CT molecular complexity index is 942. The van der Waals surface area contributed by atoms with Gasteiger partial charge in [0.25, 0.3) is 0 Å². The second-order valence-corrected chi connectivity index (χ2v) is 9.15. The Hall–Kier alpha value is -2.28. The van der Waals surface area contributed by atoms with Crippen LogP contribution in [0.3, 0.4) is 0 Å².